The van der Waals surface area contributed by atoms with Crippen LogP contribution in [0.4, 0.5) is 38.0 Å². The second kappa shape index (κ2) is 8.26. The Bertz CT molecular complexity index is 1600. The number of nitrogen functional groups attached to an aromatic ring is 1. The number of hydrogen-bond donors (Lipinski definition) is 3. The topological polar surface area (TPSA) is 144 Å². The summed E-state index contributed by atoms with van der Waals surface area (Å²) < 4.78 is 79.8. The average molecular weight is 538 g/mol. The fourth-order valence-corrected chi connectivity index (χ4v) is 4.21. The molecule has 4 N–H and O–H groups in total. The maximum atomic E-state index is 13.6. The number of aromatic nitrogens is 6. The number of carbonyl (C=O) groups excluding carboxylic acids is 1. The number of aromatic hydroxyl groups is 1. The fourth-order valence-electron chi connectivity index (χ4n) is 4.21. The van der Waals surface area contributed by atoms with E-state index in [0.29, 0.717) is 0 Å². The zero-order valence-corrected chi connectivity index (χ0v) is 19.2. The largest absolute Gasteiger partial charge is 0.505 e. The van der Waals surface area contributed by atoms with E-state index in [0.717, 1.165) is 23.0 Å². The highest BCUT2D eigenvalue weighted by Crippen LogP contribution is 2.45. The molecule has 0 spiro atoms. The Morgan fingerprint density at radius 3 is 2.58 bits per heavy atom. The molecule has 38 heavy (non-hydrogen) atoms. The van der Waals surface area contributed by atoms with Gasteiger partial charge in [0.25, 0.3) is 0 Å². The minimum Gasteiger partial charge on any atom is -0.505 e. The van der Waals surface area contributed by atoms with Crippen molar-refractivity contribution in [2.45, 2.75) is 37.3 Å². The molecule has 0 radical (unpaired) electrons. The first-order valence-corrected chi connectivity index (χ1v) is 10.8. The summed E-state index contributed by atoms with van der Waals surface area (Å²) in [6, 6.07) is 3.34. The molecule has 5 rings (SSSR count). The molecule has 16 heteroatoms. The molecule has 198 valence electrons. The zero-order chi connectivity index (χ0) is 27.6. The number of rotatable bonds is 5. The summed E-state index contributed by atoms with van der Waals surface area (Å²) in [6.45, 7) is 1.47. The van der Waals surface area contributed by atoms with Crippen LogP contribution in [0.3, 0.4) is 0 Å². The molecule has 1 aliphatic rings. The predicted molar refractivity (Wildman–Crippen MR) is 119 cm³/mol. The van der Waals surface area contributed by atoms with Gasteiger partial charge in [-0.3, -0.25) is 4.79 Å². The molecule has 1 amide bonds. The lowest BCUT2D eigenvalue weighted by Gasteiger charge is -2.23. The maximum absolute atomic E-state index is 13.6. The van der Waals surface area contributed by atoms with Gasteiger partial charge < -0.3 is 16.2 Å². The van der Waals surface area contributed by atoms with Crippen molar-refractivity contribution in [2.75, 3.05) is 11.1 Å². The molecule has 4 aromatic rings. The van der Waals surface area contributed by atoms with Gasteiger partial charge in [-0.05, 0) is 31.0 Å². The number of nitrogens with two attached hydrogens (primary N) is 1. The number of alkyl halides is 5. The molecular weight excluding hydrogens is 522 g/mol. The Hall–Kier alpha value is -4.50. The summed E-state index contributed by atoms with van der Waals surface area (Å²) in [6.07, 6.45) is -5.79. The highest BCUT2D eigenvalue weighted by Gasteiger charge is 2.56. The lowest BCUT2D eigenvalue weighted by atomic mass is 9.77. The third-order valence-electron chi connectivity index (χ3n) is 6.30. The van der Waals surface area contributed by atoms with Crippen LogP contribution in [0, 0.1) is 5.82 Å². The van der Waals surface area contributed by atoms with Gasteiger partial charge in [-0.2, -0.15) is 27.1 Å². The molecule has 1 aliphatic heterocycles. The molecule has 1 aromatic carbocycles. The smallest absolute Gasteiger partial charge is 0.453 e. The van der Waals surface area contributed by atoms with Gasteiger partial charge in [0.2, 0.25) is 5.91 Å². The zero-order valence-electron chi connectivity index (χ0n) is 19.2. The predicted octanol–water partition coefficient (Wildman–Crippen LogP) is 3.40. The number of nitrogens with one attached hydrogen (secondary N) is 1. The molecule has 0 unspecified atom stereocenters. The van der Waals surface area contributed by atoms with E-state index in [1.165, 1.54) is 19.2 Å². The van der Waals surface area contributed by atoms with Crippen LogP contribution in [0.1, 0.15) is 30.2 Å². The van der Waals surface area contributed by atoms with Crippen molar-refractivity contribution in [3.8, 4) is 17.3 Å². The lowest BCUT2D eigenvalue weighted by molar-refractivity contribution is -0.284. The molecule has 3 aromatic heterocycles. The number of hydrogen-bond acceptors (Lipinski definition) is 8. The van der Waals surface area contributed by atoms with E-state index in [1.807, 2.05) is 0 Å². The van der Waals surface area contributed by atoms with E-state index in [9.17, 15) is 36.2 Å². The normalized spacial score (nSPS) is 17.6. The Labute approximate surface area is 208 Å². The van der Waals surface area contributed by atoms with Crippen LogP contribution in [0.15, 0.2) is 30.7 Å². The number of halogens is 6. The van der Waals surface area contributed by atoms with Gasteiger partial charge in [-0.1, -0.05) is 6.07 Å². The van der Waals surface area contributed by atoms with Crippen molar-refractivity contribution >= 4 is 23.2 Å². The van der Waals surface area contributed by atoms with Crippen molar-refractivity contribution in [1.82, 2.24) is 29.5 Å². The Morgan fingerprint density at radius 1 is 1.16 bits per heavy atom. The van der Waals surface area contributed by atoms with Crippen molar-refractivity contribution in [3.63, 3.8) is 0 Å². The highest BCUT2D eigenvalue weighted by molar-refractivity contribution is 6.09. The van der Waals surface area contributed by atoms with Gasteiger partial charge in [0, 0.05) is 6.42 Å². The number of fused-ring (bicyclic) bond motifs is 2. The Balaban J connectivity index is 1.57. The lowest BCUT2D eigenvalue weighted by Crippen LogP contribution is -2.36. The van der Waals surface area contributed by atoms with E-state index in [1.54, 1.807) is 0 Å². The summed E-state index contributed by atoms with van der Waals surface area (Å²) in [5.41, 5.74) is 4.64. The standard InChI is InChI=1S/C22H16F6N8O2/c1-20(9-2-3-10(23)13(37)6-9)14-15(29)33-16(34-17(14)35-19(20)38)12-7-36-18(30-8-31-36)11(32-12)4-5-21(24,25)22(26,27)28/h2-3,6-8,37H,4-5H2,1H3,(H3,29,33,34,35,38)/t20-/m0/s1. The van der Waals surface area contributed by atoms with Crippen molar-refractivity contribution in [2.24, 2.45) is 0 Å². The molecule has 1 atom stereocenters. The minimum absolute atomic E-state index is 0.0329. The number of nitrogens with zero attached hydrogens (tertiary/aromatic N) is 6. The highest BCUT2D eigenvalue weighted by atomic mass is 19.4. The minimum atomic E-state index is -5.74. The number of aryl methyl sites for hydroxylation is 1. The number of phenols is 1. The first-order chi connectivity index (χ1) is 17.7. The molecule has 10 nitrogen and oxygen atoms in total. The van der Waals surface area contributed by atoms with Crippen molar-refractivity contribution < 1.29 is 36.2 Å². The van der Waals surface area contributed by atoms with Crippen LogP contribution in [-0.2, 0) is 16.6 Å². The number of anilines is 2. The summed E-state index contributed by atoms with van der Waals surface area (Å²) in [5.74, 6) is -7.56. The molecule has 0 saturated heterocycles. The fraction of sp³-hybridized carbons (Fsp3) is 0.273. The van der Waals surface area contributed by atoms with E-state index in [2.05, 4.69) is 30.4 Å². The van der Waals surface area contributed by atoms with Gasteiger partial charge >= 0.3 is 12.1 Å². The monoisotopic (exact) mass is 538 g/mol. The van der Waals surface area contributed by atoms with Gasteiger partial charge in [0.05, 0.1) is 17.5 Å². The second-order valence-corrected chi connectivity index (χ2v) is 8.70. The maximum Gasteiger partial charge on any atom is 0.453 e. The summed E-state index contributed by atoms with van der Waals surface area (Å²) in [4.78, 5) is 29.4. The van der Waals surface area contributed by atoms with Crippen LogP contribution in [-0.4, -0.2) is 52.7 Å². The molecule has 0 aliphatic carbocycles. The Morgan fingerprint density at radius 2 is 1.89 bits per heavy atom. The van der Waals surface area contributed by atoms with E-state index >= 15 is 0 Å². The van der Waals surface area contributed by atoms with Crippen molar-refractivity contribution in [3.05, 3.63) is 53.4 Å². The first-order valence-electron chi connectivity index (χ1n) is 10.8. The third-order valence-corrected chi connectivity index (χ3v) is 6.30. The number of carbonyl (C=O) groups is 1. The van der Waals surface area contributed by atoms with Crippen LogP contribution >= 0.6 is 0 Å². The molecule has 0 fully saturated rings. The van der Waals surface area contributed by atoms with Crippen molar-refractivity contribution in [1.29, 1.82) is 0 Å². The molecule has 4 heterocycles. The van der Waals surface area contributed by atoms with E-state index < -0.39 is 47.8 Å². The molecule has 0 bridgehead atoms. The number of amides is 1. The van der Waals surface area contributed by atoms with Crippen LogP contribution in [0.5, 0.6) is 5.75 Å². The van der Waals surface area contributed by atoms with Crippen LogP contribution in [0.2, 0.25) is 0 Å². The first kappa shape index (κ1) is 25.2. The van der Waals surface area contributed by atoms with Gasteiger partial charge in [-0.15, -0.1) is 0 Å². The Kier molecular flexibility index (Phi) is 5.47. The quantitative estimate of drug-likeness (QED) is 0.328. The van der Waals surface area contributed by atoms with Gasteiger partial charge in [0.15, 0.2) is 23.0 Å². The molecule has 0 saturated carbocycles. The van der Waals surface area contributed by atoms with Crippen LogP contribution in [0.25, 0.3) is 17.2 Å². The van der Waals surface area contributed by atoms with E-state index in [4.69, 9.17) is 5.73 Å². The second-order valence-electron chi connectivity index (χ2n) is 8.70. The average Bonchev–Trinajstić information content (AvgIpc) is 3.41. The number of phenolic OH excluding ortho intramolecular Hbond substituents is 1. The SMILES string of the molecule is C[C@@]1(c2ccc(F)c(O)c2)C(=O)Nc2nc(-c3cn4ncnc4c(CCC(F)(F)C(F)(F)F)n3)nc(N)c21. The van der Waals surface area contributed by atoms with Crippen LogP contribution < -0.4 is 11.1 Å². The molecular formula is C22H16F6N8O2. The summed E-state index contributed by atoms with van der Waals surface area (Å²) >= 11 is 0. The number of benzene rings is 1. The van der Waals surface area contributed by atoms with Gasteiger partial charge in [0.1, 0.15) is 29.1 Å². The van der Waals surface area contributed by atoms with E-state index in [-0.39, 0.29) is 45.6 Å². The van der Waals surface area contributed by atoms with Gasteiger partial charge in [-0.25, -0.2) is 28.8 Å². The summed E-state index contributed by atoms with van der Waals surface area (Å²) in [5, 5.41) is 16.2. The third kappa shape index (κ3) is 3.83. The summed E-state index contributed by atoms with van der Waals surface area (Å²) in [7, 11) is 0.